The van der Waals surface area contributed by atoms with Crippen LogP contribution in [0.3, 0.4) is 0 Å². The molecule has 4 aromatic rings. The zero-order chi connectivity index (χ0) is 27.5. The number of anilines is 1. The van der Waals surface area contributed by atoms with Gasteiger partial charge in [0.15, 0.2) is 0 Å². The largest absolute Gasteiger partial charge is 0.457 e. The van der Waals surface area contributed by atoms with Gasteiger partial charge in [0.1, 0.15) is 6.61 Å². The number of hydrogen-bond donors (Lipinski definition) is 2. The minimum absolute atomic E-state index is 0.0780. The van der Waals surface area contributed by atoms with E-state index >= 15 is 0 Å². The Hall–Kier alpha value is -4.22. The van der Waals surface area contributed by atoms with Crippen molar-refractivity contribution in [3.8, 4) is 11.1 Å². The molecule has 0 radical (unpaired) electrons. The van der Waals surface area contributed by atoms with E-state index in [-0.39, 0.29) is 30.3 Å². The summed E-state index contributed by atoms with van der Waals surface area (Å²) in [6.45, 7) is 4.40. The minimum atomic E-state index is -1.31. The summed E-state index contributed by atoms with van der Waals surface area (Å²) < 4.78 is 5.08. The van der Waals surface area contributed by atoms with E-state index in [1.807, 2.05) is 48.5 Å². The van der Waals surface area contributed by atoms with Gasteiger partial charge in [0.2, 0.25) is 5.91 Å². The summed E-state index contributed by atoms with van der Waals surface area (Å²) in [6.07, 6.45) is 0.634. The zero-order valence-corrected chi connectivity index (χ0v) is 22.3. The predicted octanol–water partition coefficient (Wildman–Crippen LogP) is 6.69. The molecule has 5 rings (SSSR count). The molecular weight excluding hydrogens is 486 g/mol. The van der Waals surface area contributed by atoms with Crippen LogP contribution in [-0.2, 0) is 28.0 Å². The number of nitrogens with one attached hydrogen (secondary N) is 1. The molecule has 0 aromatic heterocycles. The molecule has 1 heterocycles. The van der Waals surface area contributed by atoms with Crippen LogP contribution >= 0.6 is 0 Å². The Bertz CT molecular complexity index is 1480. The molecule has 0 fully saturated rings. The predicted molar refractivity (Wildman–Crippen MR) is 153 cm³/mol. The van der Waals surface area contributed by atoms with Crippen LogP contribution in [0.5, 0.6) is 0 Å². The van der Waals surface area contributed by atoms with Gasteiger partial charge in [0.05, 0.1) is 17.6 Å². The van der Waals surface area contributed by atoms with Crippen LogP contribution in [0.25, 0.3) is 11.1 Å². The highest BCUT2D eigenvalue weighted by Gasteiger charge is 2.38. The van der Waals surface area contributed by atoms with E-state index in [1.165, 1.54) is 0 Å². The van der Waals surface area contributed by atoms with Gasteiger partial charge in [-0.1, -0.05) is 98.8 Å². The Labute approximate surface area is 229 Å². The molecule has 4 aromatic carbocycles. The molecule has 1 atom stereocenters. The number of esters is 1. The van der Waals surface area contributed by atoms with Crippen LogP contribution in [0, 0.1) is 0 Å². The molecule has 1 unspecified atom stereocenters. The van der Waals surface area contributed by atoms with E-state index in [9.17, 15) is 14.7 Å². The molecule has 0 aliphatic carbocycles. The van der Waals surface area contributed by atoms with E-state index in [1.54, 1.807) is 18.2 Å². The average molecular weight is 520 g/mol. The number of cyclic esters (lactones) is 1. The van der Waals surface area contributed by atoms with E-state index in [0.717, 1.165) is 27.8 Å². The summed E-state index contributed by atoms with van der Waals surface area (Å²) in [5, 5.41) is 15.1. The Morgan fingerprint density at radius 2 is 1.56 bits per heavy atom. The van der Waals surface area contributed by atoms with Crippen molar-refractivity contribution in [1.29, 1.82) is 0 Å². The fourth-order valence-electron chi connectivity index (χ4n) is 5.59. The molecule has 5 nitrogen and oxygen atoms in total. The Morgan fingerprint density at radius 3 is 2.31 bits per heavy atom. The lowest BCUT2D eigenvalue weighted by Crippen LogP contribution is -2.41. The highest BCUT2D eigenvalue weighted by atomic mass is 16.5. The van der Waals surface area contributed by atoms with Crippen LogP contribution < -0.4 is 5.32 Å². The second-order valence-corrected chi connectivity index (χ2v) is 11.1. The number of aliphatic hydroxyl groups is 1. The number of benzene rings is 4. The van der Waals surface area contributed by atoms with Gasteiger partial charge in [-0.3, -0.25) is 4.79 Å². The molecule has 0 saturated carbocycles. The van der Waals surface area contributed by atoms with Crippen molar-refractivity contribution in [3.63, 3.8) is 0 Å². The first-order valence-corrected chi connectivity index (χ1v) is 13.2. The monoisotopic (exact) mass is 519 g/mol. The van der Waals surface area contributed by atoms with Gasteiger partial charge >= 0.3 is 5.97 Å². The third-order valence-corrected chi connectivity index (χ3v) is 7.35. The summed E-state index contributed by atoms with van der Waals surface area (Å²) in [5.74, 6) is -0.635. The molecule has 1 amide bonds. The smallest absolute Gasteiger partial charge is 0.338 e. The molecule has 2 N–H and O–H groups in total. The number of fused-ring (bicyclic) bond motifs is 1. The van der Waals surface area contributed by atoms with Crippen LogP contribution in [0.4, 0.5) is 5.69 Å². The quantitative estimate of drug-likeness (QED) is 0.242. The lowest BCUT2D eigenvalue weighted by atomic mass is 9.72. The summed E-state index contributed by atoms with van der Waals surface area (Å²) in [7, 11) is 0. The maximum absolute atomic E-state index is 13.3. The van der Waals surface area contributed by atoms with Gasteiger partial charge in [0.25, 0.3) is 0 Å². The number of carbonyl (C=O) groups excluding carboxylic acids is 2. The van der Waals surface area contributed by atoms with Crippen molar-refractivity contribution in [3.05, 3.63) is 125 Å². The Morgan fingerprint density at radius 1 is 0.872 bits per heavy atom. The molecular formula is C34H33NO4. The molecule has 198 valence electrons. The lowest BCUT2D eigenvalue weighted by molar-refractivity contribution is -0.121. The fraction of sp³-hybridized carbons (Fsp3) is 0.235. The number of amides is 1. The van der Waals surface area contributed by atoms with Gasteiger partial charge in [-0.25, -0.2) is 4.79 Å². The Balaban J connectivity index is 1.40. The van der Waals surface area contributed by atoms with Gasteiger partial charge in [-0.05, 0) is 52.3 Å². The third kappa shape index (κ3) is 6.27. The van der Waals surface area contributed by atoms with Crippen molar-refractivity contribution in [2.45, 2.75) is 50.7 Å². The first-order valence-electron chi connectivity index (χ1n) is 13.2. The van der Waals surface area contributed by atoms with Crippen molar-refractivity contribution in [1.82, 2.24) is 0 Å². The van der Waals surface area contributed by atoms with Crippen molar-refractivity contribution < 1.29 is 19.4 Å². The second-order valence-electron chi connectivity index (χ2n) is 11.1. The van der Waals surface area contributed by atoms with Crippen LogP contribution in [0.1, 0.15) is 53.7 Å². The van der Waals surface area contributed by atoms with E-state index in [4.69, 9.17) is 4.74 Å². The number of hydrogen-bond acceptors (Lipinski definition) is 4. The molecule has 0 bridgehead atoms. The van der Waals surface area contributed by atoms with E-state index in [0.29, 0.717) is 24.1 Å². The van der Waals surface area contributed by atoms with E-state index < -0.39 is 5.60 Å². The first kappa shape index (κ1) is 26.4. The SMILES string of the molecule is CC(C)(CC(O)(CC(=O)Nc1ccc2c(c1)COC2=O)Cc1cccc(-c2ccccc2)c1)c1ccccc1. The van der Waals surface area contributed by atoms with Crippen LogP contribution in [-0.4, -0.2) is 22.6 Å². The van der Waals surface area contributed by atoms with Crippen molar-refractivity contribution >= 4 is 17.6 Å². The topological polar surface area (TPSA) is 75.6 Å². The van der Waals surface area contributed by atoms with Crippen molar-refractivity contribution in [2.24, 2.45) is 0 Å². The standard InChI is InChI=1S/C34H33NO4/c1-33(2,28-14-7-4-8-15-28)23-34(38,20-24-10-9-13-26(18-24)25-11-5-3-6-12-25)21-31(36)35-29-16-17-30-27(19-29)22-39-32(30)37/h3-19,38H,20-23H2,1-2H3,(H,35,36). The highest BCUT2D eigenvalue weighted by molar-refractivity contribution is 5.96. The van der Waals surface area contributed by atoms with Gasteiger partial charge in [0, 0.05) is 17.7 Å². The molecule has 0 saturated heterocycles. The lowest BCUT2D eigenvalue weighted by Gasteiger charge is -2.37. The summed E-state index contributed by atoms with van der Waals surface area (Å²) in [6, 6.07) is 33.5. The first-order chi connectivity index (χ1) is 18.7. The molecule has 39 heavy (non-hydrogen) atoms. The molecule has 5 heteroatoms. The van der Waals surface area contributed by atoms with Gasteiger partial charge < -0.3 is 15.2 Å². The second kappa shape index (κ2) is 10.9. The zero-order valence-electron chi connectivity index (χ0n) is 22.3. The molecule has 1 aliphatic rings. The fourth-order valence-corrected chi connectivity index (χ4v) is 5.59. The van der Waals surface area contributed by atoms with Crippen LogP contribution in [0.2, 0.25) is 0 Å². The number of rotatable bonds is 9. The maximum atomic E-state index is 13.3. The van der Waals surface area contributed by atoms with E-state index in [2.05, 4.69) is 55.6 Å². The van der Waals surface area contributed by atoms with Crippen molar-refractivity contribution in [2.75, 3.05) is 5.32 Å². The number of ether oxygens (including phenoxy) is 1. The third-order valence-electron chi connectivity index (χ3n) is 7.35. The van der Waals surface area contributed by atoms with Crippen LogP contribution in [0.15, 0.2) is 103 Å². The highest BCUT2D eigenvalue weighted by Crippen LogP contribution is 2.37. The molecule has 1 aliphatic heterocycles. The minimum Gasteiger partial charge on any atom is -0.457 e. The molecule has 0 spiro atoms. The maximum Gasteiger partial charge on any atom is 0.338 e. The average Bonchev–Trinajstić information content (AvgIpc) is 3.29. The number of carbonyl (C=O) groups is 2. The summed E-state index contributed by atoms with van der Waals surface area (Å²) in [4.78, 5) is 25.1. The summed E-state index contributed by atoms with van der Waals surface area (Å²) >= 11 is 0. The summed E-state index contributed by atoms with van der Waals surface area (Å²) in [5.41, 5.74) is 4.39. The van der Waals surface area contributed by atoms with Gasteiger partial charge in [-0.2, -0.15) is 0 Å². The van der Waals surface area contributed by atoms with Gasteiger partial charge in [-0.15, -0.1) is 0 Å². The normalized spacial score (nSPS) is 14.3. The Kier molecular flexibility index (Phi) is 7.36.